The number of rotatable bonds is 4. The van der Waals surface area contributed by atoms with E-state index in [1.54, 1.807) is 0 Å². The van der Waals surface area contributed by atoms with Crippen LogP contribution in [-0.2, 0) is 10.9 Å². The summed E-state index contributed by atoms with van der Waals surface area (Å²) in [5.41, 5.74) is 1.56. The first kappa shape index (κ1) is 20.3. The quantitative estimate of drug-likeness (QED) is 0.600. The Bertz CT molecular complexity index is 769. The van der Waals surface area contributed by atoms with Crippen molar-refractivity contribution in [2.24, 2.45) is 5.73 Å². The first-order chi connectivity index (χ1) is 12.5. The maximum atomic E-state index is 13.3. The molecule has 1 fully saturated rings. The van der Waals surface area contributed by atoms with Gasteiger partial charge in [-0.3, -0.25) is 14.9 Å². The van der Waals surface area contributed by atoms with E-state index in [-0.39, 0.29) is 13.1 Å². The SMILES string of the molecule is CNc1c([N+](=O)[O-])cc(C(=O)N2CCCC(OC(N)=O)C2)cc1C(F)(F)F. The molecule has 1 aliphatic rings. The van der Waals surface area contributed by atoms with Gasteiger partial charge in [-0.1, -0.05) is 0 Å². The minimum Gasteiger partial charge on any atom is -0.445 e. The number of nitrogens with zero attached hydrogens (tertiary/aromatic N) is 2. The molecular weight excluding hydrogens is 373 g/mol. The largest absolute Gasteiger partial charge is 0.445 e. The highest BCUT2D eigenvalue weighted by molar-refractivity contribution is 5.96. The van der Waals surface area contributed by atoms with Gasteiger partial charge in [0.1, 0.15) is 11.8 Å². The number of amides is 2. The van der Waals surface area contributed by atoms with Crippen molar-refractivity contribution < 1.29 is 32.4 Å². The zero-order valence-electron chi connectivity index (χ0n) is 14.2. The molecule has 9 nitrogen and oxygen atoms in total. The standard InChI is InChI=1S/C15H17F3N4O5/c1-20-12-10(15(16,17)18)5-8(6-11(12)22(25)26)13(23)21-4-2-3-9(7-21)27-14(19)24/h5-6,9,20H,2-4,7H2,1H3,(H2,19,24). The molecule has 0 radical (unpaired) electrons. The Kier molecular flexibility index (Phi) is 5.76. The summed E-state index contributed by atoms with van der Waals surface area (Å²) in [6.45, 7) is 0.144. The number of carbonyl (C=O) groups is 2. The summed E-state index contributed by atoms with van der Waals surface area (Å²) in [4.78, 5) is 34.8. The van der Waals surface area contributed by atoms with Crippen molar-refractivity contribution in [3.8, 4) is 0 Å². The van der Waals surface area contributed by atoms with Gasteiger partial charge in [-0.05, 0) is 18.9 Å². The monoisotopic (exact) mass is 390 g/mol. The Hall–Kier alpha value is -3.05. The number of hydrogen-bond donors (Lipinski definition) is 2. The minimum atomic E-state index is -4.90. The topological polar surface area (TPSA) is 128 Å². The zero-order chi connectivity index (χ0) is 20.4. The minimum absolute atomic E-state index is 0.0648. The molecule has 1 saturated heterocycles. The second kappa shape index (κ2) is 7.68. The van der Waals surface area contributed by atoms with Gasteiger partial charge in [-0.25, -0.2) is 4.79 Å². The van der Waals surface area contributed by atoms with Gasteiger partial charge in [0.2, 0.25) is 0 Å². The maximum absolute atomic E-state index is 13.3. The fourth-order valence-electron chi connectivity index (χ4n) is 2.95. The highest BCUT2D eigenvalue weighted by Crippen LogP contribution is 2.40. The number of nitrogens with two attached hydrogens (primary N) is 1. The molecule has 0 aromatic heterocycles. The molecule has 1 atom stereocenters. The number of carbonyl (C=O) groups excluding carboxylic acids is 2. The summed E-state index contributed by atoms with van der Waals surface area (Å²) in [7, 11) is 1.12. The van der Waals surface area contributed by atoms with Crippen LogP contribution in [0.4, 0.5) is 29.3 Å². The highest BCUT2D eigenvalue weighted by Gasteiger charge is 2.39. The van der Waals surface area contributed by atoms with E-state index in [0.717, 1.165) is 13.1 Å². The molecule has 148 valence electrons. The number of hydrogen-bond acceptors (Lipinski definition) is 6. The van der Waals surface area contributed by atoms with E-state index in [0.29, 0.717) is 18.9 Å². The fourth-order valence-corrected chi connectivity index (χ4v) is 2.95. The average molecular weight is 390 g/mol. The summed E-state index contributed by atoms with van der Waals surface area (Å²) >= 11 is 0. The van der Waals surface area contributed by atoms with E-state index >= 15 is 0 Å². The van der Waals surface area contributed by atoms with E-state index < -0.39 is 51.7 Å². The van der Waals surface area contributed by atoms with Crippen LogP contribution in [0.2, 0.25) is 0 Å². The number of piperidine rings is 1. The molecular formula is C15H17F3N4O5. The number of anilines is 1. The predicted molar refractivity (Wildman–Crippen MR) is 87.2 cm³/mol. The Morgan fingerprint density at radius 3 is 2.59 bits per heavy atom. The van der Waals surface area contributed by atoms with Crippen molar-refractivity contribution in [3.05, 3.63) is 33.4 Å². The average Bonchev–Trinajstić information content (AvgIpc) is 2.58. The van der Waals surface area contributed by atoms with Crippen molar-refractivity contribution in [2.75, 3.05) is 25.5 Å². The van der Waals surface area contributed by atoms with Gasteiger partial charge in [0.25, 0.3) is 11.6 Å². The normalized spacial score (nSPS) is 17.3. The van der Waals surface area contributed by atoms with Gasteiger partial charge in [0.05, 0.1) is 17.0 Å². The molecule has 1 aliphatic heterocycles. The molecule has 3 N–H and O–H groups in total. The molecule has 0 saturated carbocycles. The van der Waals surface area contributed by atoms with Crippen LogP contribution in [0.3, 0.4) is 0 Å². The summed E-state index contributed by atoms with van der Waals surface area (Å²) in [6.07, 6.45) is -5.73. The molecule has 12 heteroatoms. The van der Waals surface area contributed by atoms with E-state index in [1.807, 2.05) is 0 Å². The van der Waals surface area contributed by atoms with Crippen LogP contribution in [-0.4, -0.2) is 48.1 Å². The first-order valence-corrected chi connectivity index (χ1v) is 7.87. The van der Waals surface area contributed by atoms with Crippen LogP contribution in [0.25, 0.3) is 0 Å². The van der Waals surface area contributed by atoms with E-state index in [2.05, 4.69) is 5.32 Å². The molecule has 1 aromatic carbocycles. The second-order valence-corrected chi connectivity index (χ2v) is 5.88. The lowest BCUT2D eigenvalue weighted by molar-refractivity contribution is -0.384. The summed E-state index contributed by atoms with van der Waals surface area (Å²) < 4.78 is 44.8. The number of alkyl halides is 3. The number of likely N-dealkylation sites (tertiary alicyclic amines) is 1. The van der Waals surface area contributed by atoms with Gasteiger partial charge in [-0.15, -0.1) is 0 Å². The molecule has 1 heterocycles. The smallest absolute Gasteiger partial charge is 0.418 e. The van der Waals surface area contributed by atoms with Crippen LogP contribution in [0, 0.1) is 10.1 Å². The molecule has 0 bridgehead atoms. The predicted octanol–water partition coefficient (Wildman–Crippen LogP) is 2.36. The first-order valence-electron chi connectivity index (χ1n) is 7.87. The van der Waals surface area contributed by atoms with Crippen molar-refractivity contribution in [1.29, 1.82) is 0 Å². The lowest BCUT2D eigenvalue weighted by Crippen LogP contribution is -2.44. The van der Waals surface area contributed by atoms with Gasteiger partial charge in [0, 0.05) is 25.2 Å². The van der Waals surface area contributed by atoms with Crippen LogP contribution in [0.15, 0.2) is 12.1 Å². The lowest BCUT2D eigenvalue weighted by atomic mass is 10.0. The third-order valence-electron chi connectivity index (χ3n) is 4.06. The third kappa shape index (κ3) is 4.57. The van der Waals surface area contributed by atoms with E-state index in [1.165, 1.54) is 4.90 Å². The zero-order valence-corrected chi connectivity index (χ0v) is 14.2. The number of ether oxygens (including phenoxy) is 1. The van der Waals surface area contributed by atoms with E-state index in [9.17, 15) is 32.9 Å². The molecule has 27 heavy (non-hydrogen) atoms. The van der Waals surface area contributed by atoms with E-state index in [4.69, 9.17) is 10.5 Å². The second-order valence-electron chi connectivity index (χ2n) is 5.88. The molecule has 0 aliphatic carbocycles. The number of nitrogens with one attached hydrogen (secondary N) is 1. The molecule has 0 spiro atoms. The van der Waals surface area contributed by atoms with Crippen LogP contribution < -0.4 is 11.1 Å². The number of primary amides is 1. The third-order valence-corrected chi connectivity index (χ3v) is 4.06. The summed E-state index contributed by atoms with van der Waals surface area (Å²) in [5.74, 6) is -0.830. The lowest BCUT2D eigenvalue weighted by Gasteiger charge is -2.32. The van der Waals surface area contributed by atoms with Crippen molar-refractivity contribution in [1.82, 2.24) is 4.90 Å². The van der Waals surface area contributed by atoms with Gasteiger partial charge >= 0.3 is 12.3 Å². The maximum Gasteiger partial charge on any atom is 0.418 e. The van der Waals surface area contributed by atoms with Crippen LogP contribution >= 0.6 is 0 Å². The number of nitro groups is 1. The fraction of sp³-hybridized carbons (Fsp3) is 0.467. The Labute approximate surface area is 151 Å². The van der Waals surface area contributed by atoms with Crippen molar-refractivity contribution >= 4 is 23.4 Å². The van der Waals surface area contributed by atoms with Crippen molar-refractivity contribution in [2.45, 2.75) is 25.1 Å². The Morgan fingerprint density at radius 2 is 2.07 bits per heavy atom. The van der Waals surface area contributed by atoms with Crippen LogP contribution in [0.5, 0.6) is 0 Å². The summed E-state index contributed by atoms with van der Waals surface area (Å²) in [6, 6.07) is 1.36. The van der Waals surface area contributed by atoms with Gasteiger partial charge < -0.3 is 20.7 Å². The molecule has 1 aromatic rings. The highest BCUT2D eigenvalue weighted by atomic mass is 19.4. The molecule has 2 amide bonds. The Balaban J connectivity index is 2.42. The molecule has 1 unspecified atom stereocenters. The number of benzene rings is 1. The Morgan fingerprint density at radius 1 is 1.41 bits per heavy atom. The number of halogens is 3. The molecule has 2 rings (SSSR count). The van der Waals surface area contributed by atoms with Gasteiger partial charge in [0.15, 0.2) is 0 Å². The van der Waals surface area contributed by atoms with Crippen LogP contribution in [0.1, 0.15) is 28.8 Å². The van der Waals surface area contributed by atoms with Crippen molar-refractivity contribution in [3.63, 3.8) is 0 Å². The van der Waals surface area contributed by atoms with Gasteiger partial charge in [-0.2, -0.15) is 13.2 Å². The number of nitro benzene ring substituents is 1. The summed E-state index contributed by atoms with van der Waals surface area (Å²) in [5, 5.41) is 13.4.